The highest BCUT2D eigenvalue weighted by Gasteiger charge is 2.34. The summed E-state index contributed by atoms with van der Waals surface area (Å²) in [4.78, 5) is 8.75. The van der Waals surface area contributed by atoms with Gasteiger partial charge in [0.2, 0.25) is 5.96 Å². The molecule has 3 unspecified atom stereocenters. The first-order chi connectivity index (χ1) is 9.13. The van der Waals surface area contributed by atoms with E-state index >= 15 is 0 Å². The molecule has 0 saturated heterocycles. The van der Waals surface area contributed by atoms with E-state index in [9.17, 15) is 4.39 Å². The maximum atomic E-state index is 13.0. The van der Waals surface area contributed by atoms with Crippen LogP contribution in [0.5, 0.6) is 0 Å². The second kappa shape index (κ2) is 4.76. The fraction of sp³-hybridized carbons (Fsp3) is 0.467. The number of hydrogen-bond donors (Lipinski definition) is 1. The summed E-state index contributed by atoms with van der Waals surface area (Å²) in [5, 5.41) is 0. The Morgan fingerprint density at radius 1 is 1.21 bits per heavy atom. The molecular weight excluding hydrogens is 241 g/mol. The van der Waals surface area contributed by atoms with E-state index in [0.717, 1.165) is 25.0 Å². The SMILES string of the molecule is CC1=NC(N)=NC2CC(c3ccc(F)cc3)CCC12. The Balaban J connectivity index is 1.79. The van der Waals surface area contributed by atoms with Gasteiger partial charge in [-0.25, -0.2) is 14.4 Å². The van der Waals surface area contributed by atoms with Crippen LogP contribution in [0.15, 0.2) is 34.3 Å². The molecule has 0 spiro atoms. The van der Waals surface area contributed by atoms with Gasteiger partial charge in [0, 0.05) is 11.6 Å². The summed E-state index contributed by atoms with van der Waals surface area (Å²) >= 11 is 0. The number of fused-ring (bicyclic) bond motifs is 1. The number of nitrogens with two attached hydrogens (primary N) is 1. The quantitative estimate of drug-likeness (QED) is 0.828. The van der Waals surface area contributed by atoms with E-state index in [-0.39, 0.29) is 11.9 Å². The Kier molecular flexibility index (Phi) is 3.09. The Morgan fingerprint density at radius 2 is 1.95 bits per heavy atom. The van der Waals surface area contributed by atoms with Crippen molar-refractivity contribution in [2.75, 3.05) is 0 Å². The van der Waals surface area contributed by atoms with Crippen molar-refractivity contribution < 1.29 is 4.39 Å². The van der Waals surface area contributed by atoms with E-state index in [1.54, 1.807) is 0 Å². The van der Waals surface area contributed by atoms with E-state index in [4.69, 9.17) is 5.73 Å². The van der Waals surface area contributed by atoms with E-state index in [2.05, 4.69) is 9.98 Å². The van der Waals surface area contributed by atoms with Gasteiger partial charge in [-0.05, 0) is 49.8 Å². The Labute approximate surface area is 112 Å². The molecule has 3 atom stereocenters. The van der Waals surface area contributed by atoms with Crippen molar-refractivity contribution in [2.45, 2.75) is 38.1 Å². The van der Waals surface area contributed by atoms with E-state index in [0.29, 0.717) is 17.8 Å². The lowest BCUT2D eigenvalue weighted by Gasteiger charge is -2.36. The highest BCUT2D eigenvalue weighted by Crippen LogP contribution is 2.39. The van der Waals surface area contributed by atoms with Crippen molar-refractivity contribution in [1.29, 1.82) is 0 Å². The maximum absolute atomic E-state index is 13.0. The highest BCUT2D eigenvalue weighted by atomic mass is 19.1. The van der Waals surface area contributed by atoms with Crippen LogP contribution < -0.4 is 5.73 Å². The van der Waals surface area contributed by atoms with Gasteiger partial charge in [0.05, 0.1) is 6.04 Å². The normalized spacial score (nSPS) is 30.3. The van der Waals surface area contributed by atoms with Crippen molar-refractivity contribution >= 4 is 11.7 Å². The summed E-state index contributed by atoms with van der Waals surface area (Å²) in [6.45, 7) is 2.04. The van der Waals surface area contributed by atoms with Gasteiger partial charge in [-0.3, -0.25) is 0 Å². The molecule has 1 aliphatic carbocycles. The Morgan fingerprint density at radius 3 is 2.68 bits per heavy atom. The summed E-state index contributed by atoms with van der Waals surface area (Å²) in [7, 11) is 0. The first kappa shape index (κ1) is 12.3. The molecule has 2 N–H and O–H groups in total. The lowest BCUT2D eigenvalue weighted by Crippen LogP contribution is -2.37. The number of aliphatic imine (C=N–C) groups is 2. The van der Waals surface area contributed by atoms with Gasteiger partial charge in [0.1, 0.15) is 5.82 Å². The zero-order chi connectivity index (χ0) is 13.4. The smallest absolute Gasteiger partial charge is 0.215 e. The van der Waals surface area contributed by atoms with Gasteiger partial charge in [-0.15, -0.1) is 0 Å². The first-order valence-electron chi connectivity index (χ1n) is 6.77. The summed E-state index contributed by atoms with van der Waals surface area (Å²) in [5.41, 5.74) is 8.06. The van der Waals surface area contributed by atoms with E-state index in [1.807, 2.05) is 19.1 Å². The molecule has 0 amide bonds. The molecule has 2 aliphatic rings. The van der Waals surface area contributed by atoms with Crippen LogP contribution in [0.3, 0.4) is 0 Å². The van der Waals surface area contributed by atoms with Crippen LogP contribution in [-0.2, 0) is 0 Å². The van der Waals surface area contributed by atoms with Crippen LogP contribution in [0, 0.1) is 11.7 Å². The van der Waals surface area contributed by atoms with E-state index in [1.165, 1.54) is 17.7 Å². The van der Waals surface area contributed by atoms with Crippen LogP contribution in [-0.4, -0.2) is 17.7 Å². The van der Waals surface area contributed by atoms with Crippen LogP contribution in [0.1, 0.15) is 37.7 Å². The topological polar surface area (TPSA) is 50.7 Å². The third-order valence-corrected chi connectivity index (χ3v) is 4.28. The number of benzene rings is 1. The minimum atomic E-state index is -0.180. The molecule has 100 valence electrons. The third kappa shape index (κ3) is 2.39. The van der Waals surface area contributed by atoms with Crippen LogP contribution in [0.25, 0.3) is 0 Å². The minimum absolute atomic E-state index is 0.180. The van der Waals surface area contributed by atoms with Crippen LogP contribution >= 0.6 is 0 Å². The summed E-state index contributed by atoms with van der Waals surface area (Å²) in [6, 6.07) is 7.08. The van der Waals surface area contributed by atoms with Crippen molar-refractivity contribution in [3.05, 3.63) is 35.6 Å². The van der Waals surface area contributed by atoms with Gasteiger partial charge in [0.15, 0.2) is 0 Å². The monoisotopic (exact) mass is 259 g/mol. The van der Waals surface area contributed by atoms with Gasteiger partial charge in [0.25, 0.3) is 0 Å². The largest absolute Gasteiger partial charge is 0.368 e. The average Bonchev–Trinajstić information content (AvgIpc) is 2.38. The molecule has 19 heavy (non-hydrogen) atoms. The van der Waals surface area contributed by atoms with Crippen LogP contribution in [0.2, 0.25) is 0 Å². The molecule has 3 nitrogen and oxygen atoms in total. The summed E-state index contributed by atoms with van der Waals surface area (Å²) < 4.78 is 13.0. The second-order valence-corrected chi connectivity index (χ2v) is 5.48. The standard InChI is InChI=1S/C15H18FN3/c1-9-13-7-4-11(8-14(13)19-15(17)18-9)10-2-5-12(16)6-3-10/h2-3,5-6,11,13-14H,4,7-8H2,1H3,(H2,17,19). The Hall–Kier alpha value is -1.71. The Bertz CT molecular complexity index is 533. The van der Waals surface area contributed by atoms with Crippen LogP contribution in [0.4, 0.5) is 4.39 Å². The maximum Gasteiger partial charge on any atom is 0.215 e. The predicted molar refractivity (Wildman–Crippen MR) is 75.0 cm³/mol. The molecule has 1 aromatic carbocycles. The van der Waals surface area contributed by atoms with Crippen molar-refractivity contribution in [3.63, 3.8) is 0 Å². The van der Waals surface area contributed by atoms with Crippen molar-refractivity contribution in [1.82, 2.24) is 0 Å². The number of rotatable bonds is 1. The molecule has 4 heteroatoms. The second-order valence-electron chi connectivity index (χ2n) is 5.48. The molecule has 3 rings (SSSR count). The fourth-order valence-corrected chi connectivity index (χ4v) is 3.28. The molecule has 1 aromatic rings. The molecule has 0 radical (unpaired) electrons. The number of halogens is 1. The van der Waals surface area contributed by atoms with Crippen molar-refractivity contribution in [2.24, 2.45) is 21.6 Å². The molecule has 0 aromatic heterocycles. The number of hydrogen-bond acceptors (Lipinski definition) is 3. The van der Waals surface area contributed by atoms with Gasteiger partial charge >= 0.3 is 0 Å². The minimum Gasteiger partial charge on any atom is -0.368 e. The van der Waals surface area contributed by atoms with Gasteiger partial charge in [-0.1, -0.05) is 12.1 Å². The van der Waals surface area contributed by atoms with Gasteiger partial charge < -0.3 is 5.73 Å². The number of guanidine groups is 1. The predicted octanol–water partition coefficient (Wildman–Crippen LogP) is 2.87. The zero-order valence-electron chi connectivity index (χ0n) is 11.0. The average molecular weight is 259 g/mol. The zero-order valence-corrected chi connectivity index (χ0v) is 11.0. The highest BCUT2D eigenvalue weighted by molar-refractivity contribution is 5.98. The van der Waals surface area contributed by atoms with E-state index < -0.39 is 0 Å². The molecule has 0 bridgehead atoms. The fourth-order valence-electron chi connectivity index (χ4n) is 3.28. The lowest BCUT2D eigenvalue weighted by atomic mass is 9.74. The molecule has 1 heterocycles. The number of nitrogens with zero attached hydrogens (tertiary/aromatic N) is 2. The molecule has 1 aliphatic heterocycles. The summed E-state index contributed by atoms with van der Waals surface area (Å²) in [5.74, 6) is 1.10. The van der Waals surface area contributed by atoms with Crippen molar-refractivity contribution in [3.8, 4) is 0 Å². The first-order valence-corrected chi connectivity index (χ1v) is 6.77. The molecule has 1 fully saturated rings. The molecular formula is C15H18FN3. The summed E-state index contributed by atoms with van der Waals surface area (Å²) in [6.07, 6.45) is 3.16. The van der Waals surface area contributed by atoms with Gasteiger partial charge in [-0.2, -0.15) is 0 Å². The molecule has 1 saturated carbocycles. The third-order valence-electron chi connectivity index (χ3n) is 4.28. The lowest BCUT2D eigenvalue weighted by molar-refractivity contribution is 0.340.